The van der Waals surface area contributed by atoms with Crippen molar-refractivity contribution in [1.82, 2.24) is 5.32 Å². The van der Waals surface area contributed by atoms with Crippen molar-refractivity contribution in [1.29, 1.82) is 0 Å². The largest absolute Gasteiger partial charge is 0.383 e. The highest BCUT2D eigenvalue weighted by atomic mass is 32.2. The van der Waals surface area contributed by atoms with E-state index in [1.807, 2.05) is 6.92 Å². The monoisotopic (exact) mass is 297 g/mol. The van der Waals surface area contributed by atoms with E-state index in [4.69, 9.17) is 0 Å². The standard InChI is InChI=1S/C13H19N3O3S/c1-4-20-8-9(2)15-13(17)10-5-6-11(14-3)12(7-10)16(18)19/h5-7,9,14H,4,8H2,1-3H3,(H,15,17). The van der Waals surface area contributed by atoms with Crippen LogP contribution in [-0.4, -0.2) is 35.4 Å². The molecule has 0 saturated carbocycles. The highest BCUT2D eigenvalue weighted by molar-refractivity contribution is 7.99. The Balaban J connectivity index is 2.83. The van der Waals surface area contributed by atoms with E-state index >= 15 is 0 Å². The maximum atomic E-state index is 12.0. The predicted octanol–water partition coefficient (Wildman–Crippen LogP) is 2.51. The summed E-state index contributed by atoms with van der Waals surface area (Å²) in [6.45, 7) is 3.97. The number of nitrogens with zero attached hydrogens (tertiary/aromatic N) is 1. The molecule has 1 aromatic carbocycles. The van der Waals surface area contributed by atoms with Gasteiger partial charge in [-0.3, -0.25) is 14.9 Å². The first-order valence-corrected chi connectivity index (χ1v) is 7.49. The smallest absolute Gasteiger partial charge is 0.293 e. The number of hydrogen-bond donors (Lipinski definition) is 2. The number of anilines is 1. The zero-order chi connectivity index (χ0) is 15.1. The lowest BCUT2D eigenvalue weighted by Gasteiger charge is -2.13. The molecule has 20 heavy (non-hydrogen) atoms. The van der Waals surface area contributed by atoms with Gasteiger partial charge in [0.25, 0.3) is 11.6 Å². The first-order valence-electron chi connectivity index (χ1n) is 6.34. The summed E-state index contributed by atoms with van der Waals surface area (Å²) in [5, 5.41) is 16.5. The van der Waals surface area contributed by atoms with Crippen molar-refractivity contribution in [2.24, 2.45) is 0 Å². The van der Waals surface area contributed by atoms with Gasteiger partial charge in [0.05, 0.1) is 4.92 Å². The number of benzene rings is 1. The van der Waals surface area contributed by atoms with E-state index in [9.17, 15) is 14.9 Å². The fraction of sp³-hybridized carbons (Fsp3) is 0.462. The summed E-state index contributed by atoms with van der Waals surface area (Å²) < 4.78 is 0. The number of thioether (sulfide) groups is 1. The molecule has 1 rings (SSSR count). The second-order valence-corrected chi connectivity index (χ2v) is 5.59. The molecule has 0 aromatic heterocycles. The molecule has 0 spiro atoms. The molecule has 2 N–H and O–H groups in total. The predicted molar refractivity (Wildman–Crippen MR) is 82.6 cm³/mol. The SMILES string of the molecule is CCSCC(C)NC(=O)c1ccc(NC)c([N+](=O)[O-])c1. The van der Waals surface area contributed by atoms with Crippen LogP contribution in [0.1, 0.15) is 24.2 Å². The minimum atomic E-state index is -0.501. The van der Waals surface area contributed by atoms with Crippen molar-refractivity contribution in [3.05, 3.63) is 33.9 Å². The first-order chi connectivity index (χ1) is 9.49. The van der Waals surface area contributed by atoms with Crippen LogP contribution < -0.4 is 10.6 Å². The Morgan fingerprint density at radius 3 is 2.75 bits per heavy atom. The third-order valence-corrected chi connectivity index (χ3v) is 3.82. The Bertz CT molecular complexity index is 494. The Hall–Kier alpha value is -1.76. The summed E-state index contributed by atoms with van der Waals surface area (Å²) in [6.07, 6.45) is 0. The van der Waals surface area contributed by atoms with E-state index < -0.39 is 4.92 Å². The number of carbonyl (C=O) groups is 1. The maximum absolute atomic E-state index is 12.0. The van der Waals surface area contributed by atoms with Gasteiger partial charge in [-0.1, -0.05) is 6.92 Å². The summed E-state index contributed by atoms with van der Waals surface area (Å²) in [5.41, 5.74) is 0.584. The molecule has 7 heteroatoms. The van der Waals surface area contributed by atoms with Gasteiger partial charge in [0.1, 0.15) is 5.69 Å². The molecule has 0 radical (unpaired) electrons. The van der Waals surface area contributed by atoms with Gasteiger partial charge in [-0.25, -0.2) is 0 Å². The molecular weight excluding hydrogens is 278 g/mol. The second-order valence-electron chi connectivity index (χ2n) is 4.27. The van der Waals surface area contributed by atoms with E-state index in [-0.39, 0.29) is 17.6 Å². The Kier molecular flexibility index (Phi) is 6.30. The van der Waals surface area contributed by atoms with Crippen LogP contribution in [0, 0.1) is 10.1 Å². The minimum absolute atomic E-state index is 0.0236. The number of nitro groups is 1. The second kappa shape index (κ2) is 7.74. The van der Waals surface area contributed by atoms with Crippen LogP contribution in [0.4, 0.5) is 11.4 Å². The molecule has 110 valence electrons. The van der Waals surface area contributed by atoms with Crippen LogP contribution in [0.3, 0.4) is 0 Å². The quantitative estimate of drug-likeness (QED) is 0.596. The molecule has 0 aliphatic carbocycles. The molecular formula is C13H19N3O3S. The van der Waals surface area contributed by atoms with E-state index in [0.29, 0.717) is 11.3 Å². The molecule has 1 atom stereocenters. The third kappa shape index (κ3) is 4.41. The van der Waals surface area contributed by atoms with Crippen LogP contribution in [0.25, 0.3) is 0 Å². The molecule has 0 aliphatic rings. The summed E-state index contributed by atoms with van der Waals surface area (Å²) in [6, 6.07) is 4.43. The number of hydrogen-bond acceptors (Lipinski definition) is 5. The van der Waals surface area contributed by atoms with Crippen molar-refractivity contribution in [3.8, 4) is 0 Å². The van der Waals surface area contributed by atoms with Crippen LogP contribution in [0.2, 0.25) is 0 Å². The van der Waals surface area contributed by atoms with Gasteiger partial charge in [-0.2, -0.15) is 11.8 Å². The first kappa shape index (κ1) is 16.3. The molecule has 1 aromatic rings. The lowest BCUT2D eigenvalue weighted by molar-refractivity contribution is -0.384. The average Bonchev–Trinajstić information content (AvgIpc) is 2.44. The van der Waals surface area contributed by atoms with Gasteiger partial charge in [0.15, 0.2) is 0 Å². The minimum Gasteiger partial charge on any atom is -0.383 e. The molecule has 6 nitrogen and oxygen atoms in total. The van der Waals surface area contributed by atoms with Crippen LogP contribution in [0.5, 0.6) is 0 Å². The van der Waals surface area contributed by atoms with Crippen molar-refractivity contribution in [2.45, 2.75) is 19.9 Å². The van der Waals surface area contributed by atoms with Gasteiger partial charge in [0.2, 0.25) is 0 Å². The average molecular weight is 297 g/mol. The number of nitrogens with one attached hydrogen (secondary N) is 2. The third-order valence-electron chi connectivity index (χ3n) is 2.68. The number of amides is 1. The van der Waals surface area contributed by atoms with Gasteiger partial charge < -0.3 is 10.6 Å². The summed E-state index contributed by atoms with van der Waals surface area (Å²) in [7, 11) is 1.60. The van der Waals surface area contributed by atoms with E-state index in [1.54, 1.807) is 30.9 Å². The fourth-order valence-electron chi connectivity index (χ4n) is 1.68. The molecule has 0 bridgehead atoms. The molecule has 0 heterocycles. The van der Waals surface area contributed by atoms with E-state index in [2.05, 4.69) is 17.6 Å². The van der Waals surface area contributed by atoms with E-state index in [1.165, 1.54) is 6.07 Å². The van der Waals surface area contributed by atoms with Gasteiger partial charge in [-0.05, 0) is 24.8 Å². The molecule has 0 saturated heterocycles. The van der Waals surface area contributed by atoms with Crippen LogP contribution in [0.15, 0.2) is 18.2 Å². The van der Waals surface area contributed by atoms with Crippen molar-refractivity contribution >= 4 is 29.0 Å². The molecule has 0 aliphatic heterocycles. The van der Waals surface area contributed by atoms with Gasteiger partial charge >= 0.3 is 0 Å². The highest BCUT2D eigenvalue weighted by Crippen LogP contribution is 2.25. The van der Waals surface area contributed by atoms with Crippen molar-refractivity contribution < 1.29 is 9.72 Å². The molecule has 1 unspecified atom stereocenters. The van der Waals surface area contributed by atoms with E-state index in [0.717, 1.165) is 11.5 Å². The zero-order valence-electron chi connectivity index (χ0n) is 11.8. The lowest BCUT2D eigenvalue weighted by atomic mass is 10.1. The summed E-state index contributed by atoms with van der Waals surface area (Å²) >= 11 is 1.73. The Morgan fingerprint density at radius 1 is 1.50 bits per heavy atom. The fourth-order valence-corrected chi connectivity index (χ4v) is 2.35. The topological polar surface area (TPSA) is 84.3 Å². The Morgan fingerprint density at radius 2 is 2.20 bits per heavy atom. The normalized spacial score (nSPS) is 11.8. The number of carbonyl (C=O) groups excluding carboxylic acids is 1. The van der Waals surface area contributed by atoms with Crippen LogP contribution >= 0.6 is 11.8 Å². The molecule has 0 fully saturated rings. The maximum Gasteiger partial charge on any atom is 0.293 e. The van der Waals surface area contributed by atoms with Crippen molar-refractivity contribution in [3.63, 3.8) is 0 Å². The number of rotatable bonds is 7. The Labute approximate surface area is 122 Å². The van der Waals surface area contributed by atoms with Gasteiger partial charge in [0, 0.05) is 30.5 Å². The number of nitro benzene ring substituents is 1. The highest BCUT2D eigenvalue weighted by Gasteiger charge is 2.17. The van der Waals surface area contributed by atoms with Crippen molar-refractivity contribution in [2.75, 3.05) is 23.9 Å². The molecule has 1 amide bonds. The lowest BCUT2D eigenvalue weighted by Crippen LogP contribution is -2.34. The van der Waals surface area contributed by atoms with Crippen LogP contribution in [-0.2, 0) is 0 Å². The summed E-state index contributed by atoms with van der Waals surface area (Å²) in [4.78, 5) is 22.5. The van der Waals surface area contributed by atoms with Gasteiger partial charge in [-0.15, -0.1) is 0 Å². The zero-order valence-corrected chi connectivity index (χ0v) is 12.6. The summed E-state index contributed by atoms with van der Waals surface area (Å²) in [5.74, 6) is 1.52.